The first-order chi connectivity index (χ1) is 11.0. The van der Waals surface area contributed by atoms with Crippen molar-refractivity contribution in [3.63, 3.8) is 0 Å². The lowest BCUT2D eigenvalue weighted by atomic mass is 10.2. The highest BCUT2D eigenvalue weighted by Crippen LogP contribution is 2.10. The lowest BCUT2D eigenvalue weighted by Gasteiger charge is -2.09. The van der Waals surface area contributed by atoms with E-state index in [2.05, 4.69) is 11.9 Å². The Morgan fingerprint density at radius 1 is 1.17 bits per heavy atom. The highest BCUT2D eigenvalue weighted by Gasteiger charge is 2.15. The molecule has 0 aliphatic rings. The summed E-state index contributed by atoms with van der Waals surface area (Å²) < 4.78 is 4.51. The highest BCUT2D eigenvalue weighted by atomic mass is 16.2. The first kappa shape index (κ1) is 17.2. The molecule has 0 spiro atoms. The van der Waals surface area contributed by atoms with Gasteiger partial charge in [-0.1, -0.05) is 13.3 Å². The number of carbonyl (C=O) groups excluding carboxylic acids is 1. The number of ketones is 1. The number of hydrogen-bond donors (Lipinski definition) is 0. The van der Waals surface area contributed by atoms with Crippen LogP contribution in [-0.4, -0.2) is 24.5 Å². The van der Waals surface area contributed by atoms with Gasteiger partial charge in [-0.25, -0.2) is 9.78 Å². The van der Waals surface area contributed by atoms with Gasteiger partial charge in [0.25, 0.3) is 5.56 Å². The van der Waals surface area contributed by atoms with Gasteiger partial charge >= 0.3 is 5.69 Å². The number of Topliss-reactive ketones (excluding diaryl/α,β-unsaturated/α-hetero) is 1. The average molecular weight is 320 g/mol. The van der Waals surface area contributed by atoms with E-state index in [4.69, 9.17) is 0 Å². The molecule has 0 fully saturated rings. The fourth-order valence-corrected chi connectivity index (χ4v) is 2.65. The molecule has 0 saturated heterocycles. The van der Waals surface area contributed by atoms with Crippen LogP contribution in [0.2, 0.25) is 0 Å². The van der Waals surface area contributed by atoms with Crippen LogP contribution in [0.3, 0.4) is 0 Å². The maximum Gasteiger partial charge on any atom is 0.332 e. The number of nitrogens with zero attached hydrogens (tertiary/aromatic N) is 4. The summed E-state index contributed by atoms with van der Waals surface area (Å²) in [5.74, 6) is 0.171. The van der Waals surface area contributed by atoms with Crippen molar-refractivity contribution in [3.8, 4) is 0 Å². The second kappa shape index (κ2) is 7.39. The van der Waals surface area contributed by atoms with Crippen molar-refractivity contribution in [1.82, 2.24) is 18.7 Å². The zero-order valence-corrected chi connectivity index (χ0v) is 14.0. The van der Waals surface area contributed by atoms with Crippen molar-refractivity contribution >= 4 is 16.9 Å². The Bertz CT molecular complexity index is 813. The highest BCUT2D eigenvalue weighted by molar-refractivity contribution is 5.75. The Hall–Kier alpha value is -2.18. The van der Waals surface area contributed by atoms with E-state index in [0.29, 0.717) is 30.7 Å². The van der Waals surface area contributed by atoms with Crippen molar-refractivity contribution in [2.75, 3.05) is 0 Å². The molecular weight excluding hydrogens is 296 g/mol. The van der Waals surface area contributed by atoms with Crippen LogP contribution in [-0.2, 0) is 24.9 Å². The molecule has 2 heterocycles. The van der Waals surface area contributed by atoms with Crippen LogP contribution in [0.1, 0.15) is 46.0 Å². The van der Waals surface area contributed by atoms with E-state index in [-0.39, 0.29) is 17.0 Å². The van der Waals surface area contributed by atoms with Crippen LogP contribution in [0.4, 0.5) is 0 Å². The van der Waals surface area contributed by atoms with E-state index in [0.717, 1.165) is 30.3 Å². The fraction of sp³-hybridized carbons (Fsp3) is 0.625. The number of rotatable bonds is 8. The Kier molecular flexibility index (Phi) is 5.52. The Morgan fingerprint density at radius 2 is 1.91 bits per heavy atom. The zero-order valence-electron chi connectivity index (χ0n) is 14.0. The molecule has 0 amide bonds. The van der Waals surface area contributed by atoms with Crippen LogP contribution >= 0.6 is 0 Å². The Labute approximate surface area is 134 Å². The summed E-state index contributed by atoms with van der Waals surface area (Å²) in [6.45, 7) is 4.80. The molecule has 2 rings (SSSR count). The maximum absolute atomic E-state index is 12.4. The number of imidazole rings is 1. The molecule has 0 aliphatic carbocycles. The molecule has 0 saturated carbocycles. The minimum absolute atomic E-state index is 0.171. The van der Waals surface area contributed by atoms with Crippen LogP contribution in [0.25, 0.3) is 11.2 Å². The molecular formula is C16H24N4O3. The number of fused-ring (bicyclic) bond motifs is 1. The third-order valence-electron chi connectivity index (χ3n) is 4.01. The van der Waals surface area contributed by atoms with Crippen LogP contribution in [0.5, 0.6) is 0 Å². The summed E-state index contributed by atoms with van der Waals surface area (Å²) in [7, 11) is 1.50. The first-order valence-electron chi connectivity index (χ1n) is 8.11. The maximum atomic E-state index is 12.4. The number of carbonyl (C=O) groups is 1. The summed E-state index contributed by atoms with van der Waals surface area (Å²) in [6, 6.07) is 0. The van der Waals surface area contributed by atoms with E-state index in [1.807, 2.05) is 0 Å². The topological polar surface area (TPSA) is 78.9 Å². The van der Waals surface area contributed by atoms with Gasteiger partial charge in [0.05, 0.1) is 6.33 Å². The molecule has 2 aromatic heterocycles. The van der Waals surface area contributed by atoms with E-state index in [1.54, 1.807) is 22.4 Å². The molecule has 23 heavy (non-hydrogen) atoms. The number of unbranched alkanes of at least 4 members (excludes halogenated alkanes) is 2. The van der Waals surface area contributed by atoms with E-state index in [9.17, 15) is 14.4 Å². The monoisotopic (exact) mass is 320 g/mol. The summed E-state index contributed by atoms with van der Waals surface area (Å²) in [6.07, 6.45) is 5.56. The molecule has 0 bridgehead atoms. The third-order valence-corrected chi connectivity index (χ3v) is 4.01. The summed E-state index contributed by atoms with van der Waals surface area (Å²) in [5, 5.41) is 0. The third kappa shape index (κ3) is 3.60. The minimum atomic E-state index is -0.322. The Morgan fingerprint density at radius 3 is 2.57 bits per heavy atom. The van der Waals surface area contributed by atoms with Crippen molar-refractivity contribution in [1.29, 1.82) is 0 Å². The SMILES string of the molecule is CCCCn1c(=O)n(C)c(=O)c2c1ncn2CCCCC(C)=O. The largest absolute Gasteiger partial charge is 0.332 e. The van der Waals surface area contributed by atoms with Crippen molar-refractivity contribution < 1.29 is 4.79 Å². The second-order valence-corrected chi connectivity index (χ2v) is 5.92. The molecule has 0 unspecified atom stereocenters. The van der Waals surface area contributed by atoms with Gasteiger partial charge in [0.2, 0.25) is 0 Å². The zero-order chi connectivity index (χ0) is 17.0. The lowest BCUT2D eigenvalue weighted by molar-refractivity contribution is -0.117. The molecule has 126 valence electrons. The lowest BCUT2D eigenvalue weighted by Crippen LogP contribution is -2.38. The standard InChI is InChI=1S/C16H24N4O3/c1-4-5-10-20-14-13(15(22)18(3)16(20)23)19(11-17-14)9-7-6-8-12(2)21/h11H,4-10H2,1-3H3. The average Bonchev–Trinajstić information content (AvgIpc) is 2.93. The van der Waals surface area contributed by atoms with Gasteiger partial charge < -0.3 is 9.36 Å². The molecule has 0 aliphatic heterocycles. The molecule has 7 nitrogen and oxygen atoms in total. The quantitative estimate of drug-likeness (QED) is 0.690. The number of hydrogen-bond acceptors (Lipinski definition) is 4. The smallest absolute Gasteiger partial charge is 0.325 e. The van der Waals surface area contributed by atoms with Gasteiger partial charge in [0.15, 0.2) is 11.2 Å². The number of aryl methyl sites for hydroxylation is 2. The van der Waals surface area contributed by atoms with Gasteiger partial charge in [-0.15, -0.1) is 0 Å². The molecule has 0 N–H and O–H groups in total. The van der Waals surface area contributed by atoms with Gasteiger partial charge in [0, 0.05) is 26.6 Å². The number of aromatic nitrogens is 4. The molecule has 7 heteroatoms. The van der Waals surface area contributed by atoms with E-state index in [1.165, 1.54) is 7.05 Å². The van der Waals surface area contributed by atoms with Crippen molar-refractivity contribution in [2.24, 2.45) is 7.05 Å². The van der Waals surface area contributed by atoms with Crippen molar-refractivity contribution in [3.05, 3.63) is 27.2 Å². The van der Waals surface area contributed by atoms with E-state index < -0.39 is 0 Å². The molecule has 0 aromatic carbocycles. The fourth-order valence-electron chi connectivity index (χ4n) is 2.65. The summed E-state index contributed by atoms with van der Waals surface area (Å²) in [4.78, 5) is 40.0. The van der Waals surface area contributed by atoms with Crippen molar-refractivity contribution in [2.45, 2.75) is 59.0 Å². The van der Waals surface area contributed by atoms with Gasteiger partial charge in [0.1, 0.15) is 5.78 Å². The van der Waals surface area contributed by atoms with Gasteiger partial charge in [-0.05, 0) is 26.2 Å². The first-order valence-corrected chi connectivity index (χ1v) is 8.11. The summed E-state index contributed by atoms with van der Waals surface area (Å²) >= 11 is 0. The normalized spacial score (nSPS) is 11.3. The van der Waals surface area contributed by atoms with Crippen LogP contribution in [0, 0.1) is 0 Å². The Balaban J connectivity index is 2.38. The van der Waals surface area contributed by atoms with Gasteiger partial charge in [-0.3, -0.25) is 13.9 Å². The minimum Gasteiger partial charge on any atom is -0.325 e. The van der Waals surface area contributed by atoms with Gasteiger partial charge in [-0.2, -0.15) is 0 Å². The second-order valence-electron chi connectivity index (χ2n) is 5.92. The predicted molar refractivity (Wildman–Crippen MR) is 88.7 cm³/mol. The molecule has 0 radical (unpaired) electrons. The van der Waals surface area contributed by atoms with E-state index >= 15 is 0 Å². The van der Waals surface area contributed by atoms with Crippen LogP contribution < -0.4 is 11.2 Å². The molecule has 2 aromatic rings. The van der Waals surface area contributed by atoms with Crippen LogP contribution in [0.15, 0.2) is 15.9 Å². The summed E-state index contributed by atoms with van der Waals surface area (Å²) in [5.41, 5.74) is 0.281. The molecule has 0 atom stereocenters. The predicted octanol–water partition coefficient (Wildman–Crippen LogP) is 1.46.